The minimum absolute atomic E-state index is 0.107. The van der Waals surface area contributed by atoms with Crippen molar-refractivity contribution >= 4 is 5.69 Å². The summed E-state index contributed by atoms with van der Waals surface area (Å²) in [5.74, 6) is 0. The lowest BCUT2D eigenvalue weighted by molar-refractivity contribution is 0.282. The van der Waals surface area contributed by atoms with Crippen LogP contribution >= 0.6 is 0 Å². The van der Waals surface area contributed by atoms with Gasteiger partial charge in [-0.3, -0.25) is 0 Å². The van der Waals surface area contributed by atoms with Gasteiger partial charge in [-0.15, -0.1) is 0 Å². The van der Waals surface area contributed by atoms with Gasteiger partial charge in [0, 0.05) is 18.8 Å². The summed E-state index contributed by atoms with van der Waals surface area (Å²) >= 11 is 0. The second-order valence-electron chi connectivity index (χ2n) is 4.82. The van der Waals surface area contributed by atoms with Gasteiger partial charge in [-0.25, -0.2) is 0 Å². The zero-order valence-electron chi connectivity index (χ0n) is 11.6. The van der Waals surface area contributed by atoms with Crippen LogP contribution in [0.4, 0.5) is 5.69 Å². The predicted molar refractivity (Wildman–Crippen MR) is 80.3 cm³/mol. The van der Waals surface area contributed by atoms with Gasteiger partial charge in [0.05, 0.1) is 6.61 Å². The molecule has 0 fully saturated rings. The van der Waals surface area contributed by atoms with Crippen LogP contribution in [-0.2, 0) is 13.2 Å². The first-order valence-electron chi connectivity index (χ1n) is 6.73. The molecule has 1 N–H and O–H groups in total. The Morgan fingerprint density at radius 2 is 1.47 bits per heavy atom. The molecule has 0 amide bonds. The fourth-order valence-electron chi connectivity index (χ4n) is 2.11. The maximum atomic E-state index is 9.05. The molecule has 0 bridgehead atoms. The van der Waals surface area contributed by atoms with Crippen molar-refractivity contribution in [2.75, 3.05) is 11.4 Å². The maximum absolute atomic E-state index is 9.05. The Morgan fingerprint density at radius 1 is 0.895 bits per heavy atom. The number of aryl methyl sites for hydroxylation is 1. The molecule has 2 aromatic rings. The molecule has 0 atom stereocenters. The van der Waals surface area contributed by atoms with Crippen LogP contribution < -0.4 is 4.90 Å². The predicted octanol–water partition coefficient (Wildman–Crippen LogP) is 3.51. The summed E-state index contributed by atoms with van der Waals surface area (Å²) < 4.78 is 0. The molecule has 100 valence electrons. The fourth-order valence-corrected chi connectivity index (χ4v) is 2.11. The highest BCUT2D eigenvalue weighted by Gasteiger charge is 2.05. The van der Waals surface area contributed by atoms with Gasteiger partial charge in [0.2, 0.25) is 0 Å². The van der Waals surface area contributed by atoms with Crippen molar-refractivity contribution in [2.24, 2.45) is 0 Å². The largest absolute Gasteiger partial charge is 0.392 e. The molecule has 0 unspecified atom stereocenters. The molecule has 0 aromatic heterocycles. The van der Waals surface area contributed by atoms with Crippen molar-refractivity contribution in [3.63, 3.8) is 0 Å². The molecule has 2 aromatic carbocycles. The fraction of sp³-hybridized carbons (Fsp3) is 0.294. The lowest BCUT2D eigenvalue weighted by Crippen LogP contribution is -2.21. The standard InChI is InChI=1S/C17H21NO/c1-3-18(17-10-4-14(2)5-11-17)12-15-6-8-16(13-19)9-7-15/h4-11,19H,3,12-13H2,1-2H3. The highest BCUT2D eigenvalue weighted by Crippen LogP contribution is 2.18. The van der Waals surface area contributed by atoms with E-state index < -0.39 is 0 Å². The normalized spacial score (nSPS) is 10.5. The Kier molecular flexibility index (Phi) is 4.58. The summed E-state index contributed by atoms with van der Waals surface area (Å²) in [5.41, 5.74) is 4.76. The molecule has 2 nitrogen and oxygen atoms in total. The third-order valence-electron chi connectivity index (χ3n) is 3.36. The van der Waals surface area contributed by atoms with Gasteiger partial charge in [0.1, 0.15) is 0 Å². The molecule has 0 aliphatic heterocycles. The van der Waals surface area contributed by atoms with Crippen molar-refractivity contribution in [2.45, 2.75) is 27.0 Å². The number of hydrogen-bond donors (Lipinski definition) is 1. The van der Waals surface area contributed by atoms with Crippen molar-refractivity contribution in [1.82, 2.24) is 0 Å². The van der Waals surface area contributed by atoms with Crippen LogP contribution in [0, 0.1) is 6.92 Å². The Morgan fingerprint density at radius 3 is 2.00 bits per heavy atom. The van der Waals surface area contributed by atoms with Crippen LogP contribution in [0.2, 0.25) is 0 Å². The molecule has 0 aliphatic carbocycles. The van der Waals surface area contributed by atoms with Gasteiger partial charge >= 0.3 is 0 Å². The molecular weight excluding hydrogens is 234 g/mol. The molecule has 0 spiro atoms. The Balaban J connectivity index is 2.11. The van der Waals surface area contributed by atoms with E-state index in [4.69, 9.17) is 5.11 Å². The number of rotatable bonds is 5. The average Bonchev–Trinajstić information content (AvgIpc) is 2.46. The van der Waals surface area contributed by atoms with Crippen LogP contribution in [0.3, 0.4) is 0 Å². The number of aliphatic hydroxyl groups is 1. The number of nitrogens with zero attached hydrogens (tertiary/aromatic N) is 1. The molecule has 2 rings (SSSR count). The third-order valence-corrected chi connectivity index (χ3v) is 3.36. The van der Waals surface area contributed by atoms with Crippen LogP contribution in [0.5, 0.6) is 0 Å². The van der Waals surface area contributed by atoms with E-state index in [1.807, 2.05) is 12.1 Å². The molecule has 0 heterocycles. The quantitative estimate of drug-likeness (QED) is 0.883. The van der Waals surface area contributed by atoms with Crippen molar-refractivity contribution in [3.05, 3.63) is 65.2 Å². The summed E-state index contributed by atoms with van der Waals surface area (Å²) in [6, 6.07) is 16.8. The van der Waals surface area contributed by atoms with Gasteiger partial charge < -0.3 is 10.0 Å². The molecule has 0 radical (unpaired) electrons. The third kappa shape index (κ3) is 3.58. The smallest absolute Gasteiger partial charge is 0.0681 e. The Labute approximate surface area is 115 Å². The Bertz CT molecular complexity index is 502. The highest BCUT2D eigenvalue weighted by atomic mass is 16.3. The van der Waals surface area contributed by atoms with Crippen LogP contribution in [-0.4, -0.2) is 11.7 Å². The lowest BCUT2D eigenvalue weighted by Gasteiger charge is -2.23. The molecule has 19 heavy (non-hydrogen) atoms. The summed E-state index contributed by atoms with van der Waals surface area (Å²) in [4.78, 5) is 2.34. The maximum Gasteiger partial charge on any atom is 0.0681 e. The first-order valence-corrected chi connectivity index (χ1v) is 6.73. The molecule has 0 aliphatic rings. The second-order valence-corrected chi connectivity index (χ2v) is 4.82. The average molecular weight is 255 g/mol. The van der Waals surface area contributed by atoms with E-state index in [1.165, 1.54) is 16.8 Å². The van der Waals surface area contributed by atoms with E-state index >= 15 is 0 Å². The summed E-state index contributed by atoms with van der Waals surface area (Å²) in [6.07, 6.45) is 0. The van der Waals surface area contributed by atoms with Crippen LogP contribution in [0.25, 0.3) is 0 Å². The molecule has 0 saturated carbocycles. The summed E-state index contributed by atoms with van der Waals surface area (Å²) in [5, 5.41) is 9.05. The van der Waals surface area contributed by atoms with Gasteiger partial charge in [-0.2, -0.15) is 0 Å². The minimum atomic E-state index is 0.107. The number of anilines is 1. The second kappa shape index (κ2) is 6.39. The number of aliphatic hydroxyl groups excluding tert-OH is 1. The van der Waals surface area contributed by atoms with E-state index in [9.17, 15) is 0 Å². The molecular formula is C17H21NO. The number of hydrogen-bond acceptors (Lipinski definition) is 2. The zero-order chi connectivity index (χ0) is 13.7. The van der Waals surface area contributed by atoms with Crippen molar-refractivity contribution in [3.8, 4) is 0 Å². The van der Waals surface area contributed by atoms with E-state index in [0.29, 0.717) is 0 Å². The zero-order valence-corrected chi connectivity index (χ0v) is 11.6. The minimum Gasteiger partial charge on any atom is -0.392 e. The van der Waals surface area contributed by atoms with E-state index in [0.717, 1.165) is 18.7 Å². The SMILES string of the molecule is CCN(Cc1ccc(CO)cc1)c1ccc(C)cc1. The molecule has 2 heteroatoms. The topological polar surface area (TPSA) is 23.5 Å². The van der Waals surface area contributed by atoms with Crippen molar-refractivity contribution < 1.29 is 5.11 Å². The van der Waals surface area contributed by atoms with Crippen LogP contribution in [0.1, 0.15) is 23.6 Å². The first kappa shape index (κ1) is 13.6. The summed E-state index contributed by atoms with van der Waals surface area (Å²) in [6.45, 7) is 6.25. The molecule has 0 saturated heterocycles. The van der Waals surface area contributed by atoms with Crippen molar-refractivity contribution in [1.29, 1.82) is 0 Å². The van der Waals surface area contributed by atoms with E-state index in [1.54, 1.807) is 0 Å². The Hall–Kier alpha value is -1.80. The highest BCUT2D eigenvalue weighted by molar-refractivity contribution is 5.48. The monoisotopic (exact) mass is 255 g/mol. The van der Waals surface area contributed by atoms with Gasteiger partial charge in [0.15, 0.2) is 0 Å². The van der Waals surface area contributed by atoms with Crippen LogP contribution in [0.15, 0.2) is 48.5 Å². The summed E-state index contributed by atoms with van der Waals surface area (Å²) in [7, 11) is 0. The van der Waals surface area contributed by atoms with Gasteiger partial charge in [0.25, 0.3) is 0 Å². The van der Waals surface area contributed by atoms with E-state index in [2.05, 4.69) is 55.1 Å². The first-order chi connectivity index (χ1) is 9.22. The lowest BCUT2D eigenvalue weighted by atomic mass is 10.1. The van der Waals surface area contributed by atoms with E-state index in [-0.39, 0.29) is 6.61 Å². The van der Waals surface area contributed by atoms with Gasteiger partial charge in [-0.1, -0.05) is 42.0 Å². The number of benzene rings is 2. The van der Waals surface area contributed by atoms with Gasteiger partial charge in [-0.05, 0) is 37.1 Å².